The molecule has 0 radical (unpaired) electrons. The standard InChI is InChI=1S/C20H23FNO4P/c1-13(2)22-17-8-6-5-7-16(17)18(14-9-11-15(21)12-10-14)19(22)20(3,4)26-27(23,24)25/h5-13H,1-4H3,(H2,23,24,25). The van der Waals surface area contributed by atoms with Crippen LogP contribution in [0, 0.1) is 5.82 Å². The van der Waals surface area contributed by atoms with Crippen molar-refractivity contribution in [2.24, 2.45) is 0 Å². The molecule has 7 heteroatoms. The molecule has 27 heavy (non-hydrogen) atoms. The van der Waals surface area contributed by atoms with Crippen molar-refractivity contribution in [3.63, 3.8) is 0 Å². The molecule has 0 aliphatic carbocycles. The SMILES string of the molecule is CC(C)n1c(C(C)(C)OP(=O)(O)O)c(-c2ccc(F)cc2)c2ccccc21. The summed E-state index contributed by atoms with van der Waals surface area (Å²) in [5.74, 6) is -0.348. The van der Waals surface area contributed by atoms with Crippen molar-refractivity contribution in [3.05, 3.63) is 60.0 Å². The van der Waals surface area contributed by atoms with Crippen LogP contribution in [0.1, 0.15) is 39.4 Å². The Kier molecular flexibility index (Phi) is 5.04. The minimum absolute atomic E-state index is 0.0127. The largest absolute Gasteiger partial charge is 0.470 e. The van der Waals surface area contributed by atoms with E-state index in [1.165, 1.54) is 12.1 Å². The monoisotopic (exact) mass is 391 g/mol. The molecule has 5 nitrogen and oxygen atoms in total. The normalized spacial score (nSPS) is 12.9. The van der Waals surface area contributed by atoms with Gasteiger partial charge in [-0.3, -0.25) is 4.52 Å². The smallest absolute Gasteiger partial charge is 0.339 e. The summed E-state index contributed by atoms with van der Waals surface area (Å²) in [7, 11) is -4.74. The van der Waals surface area contributed by atoms with E-state index in [1.54, 1.807) is 26.0 Å². The van der Waals surface area contributed by atoms with E-state index in [9.17, 15) is 18.7 Å². The lowest BCUT2D eigenvalue weighted by atomic mass is 9.94. The number of phosphoric acid groups is 1. The van der Waals surface area contributed by atoms with Crippen LogP contribution in [-0.2, 0) is 14.7 Å². The number of nitrogens with zero attached hydrogens (tertiary/aromatic N) is 1. The number of phosphoric ester groups is 1. The van der Waals surface area contributed by atoms with Gasteiger partial charge in [0.15, 0.2) is 0 Å². The number of halogens is 1. The highest BCUT2D eigenvalue weighted by atomic mass is 31.2. The zero-order valence-electron chi connectivity index (χ0n) is 15.7. The van der Waals surface area contributed by atoms with Crippen molar-refractivity contribution in [2.75, 3.05) is 0 Å². The van der Waals surface area contributed by atoms with E-state index < -0.39 is 13.4 Å². The molecule has 0 aliphatic rings. The van der Waals surface area contributed by atoms with Gasteiger partial charge in [-0.05, 0) is 51.5 Å². The van der Waals surface area contributed by atoms with E-state index in [1.807, 2.05) is 42.7 Å². The van der Waals surface area contributed by atoms with E-state index in [4.69, 9.17) is 4.52 Å². The molecule has 0 atom stereocenters. The average Bonchev–Trinajstić information content (AvgIpc) is 2.90. The minimum Gasteiger partial charge on any atom is -0.339 e. The fourth-order valence-corrected chi connectivity index (χ4v) is 4.32. The van der Waals surface area contributed by atoms with E-state index in [0.717, 1.165) is 22.0 Å². The quantitative estimate of drug-likeness (QED) is 0.574. The Balaban J connectivity index is 2.42. The molecule has 2 N–H and O–H groups in total. The lowest BCUT2D eigenvalue weighted by Crippen LogP contribution is -2.26. The maximum atomic E-state index is 13.5. The molecule has 0 bridgehead atoms. The van der Waals surface area contributed by atoms with Crippen LogP contribution in [0.3, 0.4) is 0 Å². The summed E-state index contributed by atoms with van der Waals surface area (Å²) < 4.78 is 32.3. The van der Waals surface area contributed by atoms with Crippen LogP contribution in [0.4, 0.5) is 4.39 Å². The summed E-state index contributed by atoms with van der Waals surface area (Å²) in [4.78, 5) is 18.9. The van der Waals surface area contributed by atoms with Crippen LogP contribution in [0.25, 0.3) is 22.0 Å². The van der Waals surface area contributed by atoms with Crippen LogP contribution >= 0.6 is 7.82 Å². The Morgan fingerprint density at radius 3 is 2.22 bits per heavy atom. The molecular formula is C20H23FNO4P. The number of aromatic nitrogens is 1. The molecule has 0 amide bonds. The van der Waals surface area contributed by atoms with E-state index in [0.29, 0.717) is 5.69 Å². The molecule has 2 aromatic carbocycles. The molecule has 0 spiro atoms. The molecule has 0 saturated carbocycles. The Hall–Kier alpha value is -1.98. The number of fused-ring (bicyclic) bond motifs is 1. The number of hydrogen-bond donors (Lipinski definition) is 2. The molecule has 0 saturated heterocycles. The minimum atomic E-state index is -4.74. The number of rotatable bonds is 5. The van der Waals surface area contributed by atoms with Gasteiger partial charge in [0.25, 0.3) is 0 Å². The predicted octanol–water partition coefficient (Wildman–Crippen LogP) is 5.37. The van der Waals surface area contributed by atoms with Gasteiger partial charge in [-0.2, -0.15) is 0 Å². The van der Waals surface area contributed by atoms with Gasteiger partial charge in [0.1, 0.15) is 11.4 Å². The van der Waals surface area contributed by atoms with Crippen molar-refractivity contribution >= 4 is 18.7 Å². The lowest BCUT2D eigenvalue weighted by molar-refractivity contribution is 0.0565. The van der Waals surface area contributed by atoms with Crippen molar-refractivity contribution in [1.29, 1.82) is 0 Å². The molecule has 3 rings (SSSR count). The van der Waals surface area contributed by atoms with Gasteiger partial charge in [-0.25, -0.2) is 8.96 Å². The summed E-state index contributed by atoms with van der Waals surface area (Å²) in [6.07, 6.45) is 0. The van der Waals surface area contributed by atoms with Gasteiger partial charge in [0.05, 0.1) is 5.69 Å². The van der Waals surface area contributed by atoms with Crippen LogP contribution in [0.15, 0.2) is 48.5 Å². The molecule has 0 unspecified atom stereocenters. The molecule has 0 fully saturated rings. The van der Waals surface area contributed by atoms with E-state index in [-0.39, 0.29) is 11.9 Å². The van der Waals surface area contributed by atoms with Crippen molar-refractivity contribution in [2.45, 2.75) is 39.3 Å². The second-order valence-corrected chi connectivity index (χ2v) is 8.47. The topological polar surface area (TPSA) is 71.7 Å². The van der Waals surface area contributed by atoms with Gasteiger partial charge < -0.3 is 14.4 Å². The van der Waals surface area contributed by atoms with E-state index >= 15 is 0 Å². The second kappa shape index (κ2) is 6.88. The third kappa shape index (κ3) is 3.85. The molecule has 144 valence electrons. The lowest BCUT2D eigenvalue weighted by Gasteiger charge is -2.30. The Morgan fingerprint density at radius 1 is 1.07 bits per heavy atom. The van der Waals surface area contributed by atoms with Crippen LogP contribution in [0.5, 0.6) is 0 Å². The summed E-state index contributed by atoms with van der Waals surface area (Å²) in [6, 6.07) is 13.8. The Labute approximate surface area is 157 Å². The highest BCUT2D eigenvalue weighted by Crippen LogP contribution is 2.50. The maximum absolute atomic E-state index is 13.5. The van der Waals surface area contributed by atoms with Gasteiger partial charge in [-0.1, -0.05) is 30.3 Å². The molecular weight excluding hydrogens is 368 g/mol. The predicted molar refractivity (Wildman–Crippen MR) is 104 cm³/mol. The van der Waals surface area contributed by atoms with Crippen LogP contribution in [0.2, 0.25) is 0 Å². The fourth-order valence-electron chi connectivity index (χ4n) is 3.64. The molecule has 0 aliphatic heterocycles. The van der Waals surface area contributed by atoms with Gasteiger partial charge in [0, 0.05) is 22.5 Å². The highest BCUT2D eigenvalue weighted by Gasteiger charge is 2.37. The summed E-state index contributed by atoms with van der Waals surface area (Å²) >= 11 is 0. The summed E-state index contributed by atoms with van der Waals surface area (Å²) in [6.45, 7) is 7.26. The Bertz CT molecular complexity index is 1020. The molecule has 3 aromatic rings. The van der Waals surface area contributed by atoms with Gasteiger partial charge in [0.2, 0.25) is 0 Å². The third-order valence-electron chi connectivity index (χ3n) is 4.48. The van der Waals surface area contributed by atoms with Crippen molar-refractivity contribution < 1.29 is 23.3 Å². The summed E-state index contributed by atoms with van der Waals surface area (Å²) in [5.41, 5.74) is 1.80. The molecule has 1 heterocycles. The summed E-state index contributed by atoms with van der Waals surface area (Å²) in [5, 5.41) is 0.912. The van der Waals surface area contributed by atoms with E-state index in [2.05, 4.69) is 0 Å². The second-order valence-electron chi connectivity index (χ2n) is 7.30. The van der Waals surface area contributed by atoms with Crippen LogP contribution < -0.4 is 0 Å². The Morgan fingerprint density at radius 2 is 1.67 bits per heavy atom. The molecule has 1 aromatic heterocycles. The first-order chi connectivity index (χ1) is 12.5. The van der Waals surface area contributed by atoms with Gasteiger partial charge in [-0.15, -0.1) is 0 Å². The zero-order chi connectivity index (χ0) is 20.0. The van der Waals surface area contributed by atoms with Crippen molar-refractivity contribution in [3.8, 4) is 11.1 Å². The first-order valence-electron chi connectivity index (χ1n) is 8.67. The van der Waals surface area contributed by atoms with Crippen molar-refractivity contribution in [1.82, 2.24) is 4.57 Å². The maximum Gasteiger partial charge on any atom is 0.470 e. The third-order valence-corrected chi connectivity index (χ3v) is 5.17. The van der Waals surface area contributed by atoms with Gasteiger partial charge >= 0.3 is 7.82 Å². The van der Waals surface area contributed by atoms with Crippen LogP contribution in [-0.4, -0.2) is 14.4 Å². The number of para-hydroxylation sites is 1. The fraction of sp³-hybridized carbons (Fsp3) is 0.300. The highest BCUT2D eigenvalue weighted by molar-refractivity contribution is 7.46. The average molecular weight is 391 g/mol. The first kappa shape index (κ1) is 19.8. The number of hydrogen-bond acceptors (Lipinski definition) is 2. The first-order valence-corrected chi connectivity index (χ1v) is 10.2. The zero-order valence-corrected chi connectivity index (χ0v) is 16.6. The number of benzene rings is 2.